The lowest BCUT2D eigenvalue weighted by molar-refractivity contribution is 0.0756. The SMILES string of the molecule is Cc1cc(C)c(C(=O)N2CCN(C(=N)c3ccccc3)C(=N)C2)cc1CN1CCN(c2ccccc2C#N)CC1. The minimum absolute atomic E-state index is 0.0627. The minimum Gasteiger partial charge on any atom is -0.368 e. The molecule has 2 N–H and O–H groups in total. The summed E-state index contributed by atoms with van der Waals surface area (Å²) in [5, 5.41) is 26.6. The highest BCUT2D eigenvalue weighted by molar-refractivity contribution is 6.09. The monoisotopic (exact) mass is 533 g/mol. The number of aryl methyl sites for hydroxylation is 2. The van der Waals surface area contributed by atoms with E-state index in [1.165, 1.54) is 5.56 Å². The summed E-state index contributed by atoms with van der Waals surface area (Å²) in [5.74, 6) is 0.490. The maximum Gasteiger partial charge on any atom is 0.254 e. The number of benzene rings is 3. The van der Waals surface area contributed by atoms with Crippen LogP contribution in [0.2, 0.25) is 0 Å². The molecule has 0 bridgehead atoms. The van der Waals surface area contributed by atoms with E-state index >= 15 is 0 Å². The van der Waals surface area contributed by atoms with Gasteiger partial charge in [-0.2, -0.15) is 5.26 Å². The summed E-state index contributed by atoms with van der Waals surface area (Å²) in [6, 6.07) is 23.6. The van der Waals surface area contributed by atoms with Gasteiger partial charge in [0.15, 0.2) is 0 Å². The average Bonchev–Trinajstić information content (AvgIpc) is 2.98. The van der Waals surface area contributed by atoms with E-state index in [2.05, 4.69) is 28.9 Å². The van der Waals surface area contributed by atoms with Gasteiger partial charge in [-0.25, -0.2) is 0 Å². The molecule has 2 saturated heterocycles. The lowest BCUT2D eigenvalue weighted by Gasteiger charge is -2.37. The summed E-state index contributed by atoms with van der Waals surface area (Å²) in [7, 11) is 0. The van der Waals surface area contributed by atoms with Crippen LogP contribution in [0.15, 0.2) is 66.7 Å². The number of amidine groups is 2. The quantitative estimate of drug-likeness (QED) is 0.377. The van der Waals surface area contributed by atoms with Crippen molar-refractivity contribution in [3.63, 3.8) is 0 Å². The normalized spacial score (nSPS) is 16.1. The average molecular weight is 534 g/mol. The first kappa shape index (κ1) is 27.1. The molecule has 0 radical (unpaired) electrons. The molecule has 3 aromatic rings. The summed E-state index contributed by atoms with van der Waals surface area (Å²) in [6.45, 7) is 9.36. The number of carbonyl (C=O) groups is 1. The third-order valence-electron chi connectivity index (χ3n) is 7.91. The molecule has 0 saturated carbocycles. The number of nitrogens with one attached hydrogen (secondary N) is 2. The Morgan fingerprint density at radius 3 is 2.30 bits per heavy atom. The Hall–Kier alpha value is -4.48. The topological polar surface area (TPSA) is 102 Å². The Morgan fingerprint density at radius 1 is 0.900 bits per heavy atom. The zero-order valence-corrected chi connectivity index (χ0v) is 23.2. The Bertz CT molecular complexity index is 1470. The molecule has 0 aromatic heterocycles. The minimum atomic E-state index is -0.0627. The second kappa shape index (κ2) is 11.7. The van der Waals surface area contributed by atoms with Crippen molar-refractivity contribution < 1.29 is 4.79 Å². The van der Waals surface area contributed by atoms with E-state index in [1.807, 2.05) is 67.6 Å². The Kier molecular flexibility index (Phi) is 7.94. The maximum absolute atomic E-state index is 13.6. The Morgan fingerprint density at radius 2 is 1.60 bits per heavy atom. The fraction of sp³-hybridized carbons (Fsp3) is 0.312. The van der Waals surface area contributed by atoms with Gasteiger partial charge in [0.05, 0.1) is 17.8 Å². The van der Waals surface area contributed by atoms with Gasteiger partial charge in [-0.15, -0.1) is 0 Å². The van der Waals surface area contributed by atoms with Gasteiger partial charge in [0, 0.05) is 56.9 Å². The van der Waals surface area contributed by atoms with Gasteiger partial charge in [0.1, 0.15) is 17.7 Å². The van der Waals surface area contributed by atoms with Crippen molar-refractivity contribution in [1.29, 1.82) is 16.1 Å². The highest BCUT2D eigenvalue weighted by Crippen LogP contribution is 2.24. The molecule has 2 fully saturated rings. The first-order valence-electron chi connectivity index (χ1n) is 13.7. The van der Waals surface area contributed by atoms with Crippen LogP contribution in [0.25, 0.3) is 0 Å². The van der Waals surface area contributed by atoms with Crippen molar-refractivity contribution in [3.8, 4) is 6.07 Å². The second-order valence-corrected chi connectivity index (χ2v) is 10.5. The van der Waals surface area contributed by atoms with Crippen LogP contribution in [0.4, 0.5) is 5.69 Å². The molecule has 5 rings (SSSR count). The zero-order valence-electron chi connectivity index (χ0n) is 23.2. The fourth-order valence-electron chi connectivity index (χ4n) is 5.57. The van der Waals surface area contributed by atoms with Crippen molar-refractivity contribution in [2.45, 2.75) is 20.4 Å². The molecule has 40 heavy (non-hydrogen) atoms. The van der Waals surface area contributed by atoms with Crippen LogP contribution >= 0.6 is 0 Å². The number of para-hydroxylation sites is 1. The summed E-state index contributed by atoms with van der Waals surface area (Å²) >= 11 is 0. The predicted octanol–water partition coefficient (Wildman–Crippen LogP) is 4.26. The molecule has 8 heteroatoms. The van der Waals surface area contributed by atoms with E-state index in [9.17, 15) is 10.1 Å². The molecular weight excluding hydrogens is 498 g/mol. The Balaban J connectivity index is 1.24. The van der Waals surface area contributed by atoms with Crippen molar-refractivity contribution in [1.82, 2.24) is 14.7 Å². The van der Waals surface area contributed by atoms with Crippen LogP contribution in [0, 0.1) is 36.0 Å². The van der Waals surface area contributed by atoms with Gasteiger partial charge < -0.3 is 14.7 Å². The van der Waals surface area contributed by atoms with Crippen LogP contribution in [-0.4, -0.2) is 78.1 Å². The van der Waals surface area contributed by atoms with E-state index in [0.29, 0.717) is 30.1 Å². The van der Waals surface area contributed by atoms with Gasteiger partial charge in [-0.3, -0.25) is 20.5 Å². The third-order valence-corrected chi connectivity index (χ3v) is 7.91. The molecule has 0 atom stereocenters. The molecule has 0 unspecified atom stereocenters. The van der Waals surface area contributed by atoms with E-state index in [4.69, 9.17) is 10.8 Å². The van der Waals surface area contributed by atoms with Crippen LogP contribution in [-0.2, 0) is 6.54 Å². The molecule has 204 valence electrons. The van der Waals surface area contributed by atoms with Crippen molar-refractivity contribution in [2.24, 2.45) is 0 Å². The van der Waals surface area contributed by atoms with E-state index in [-0.39, 0.29) is 18.3 Å². The van der Waals surface area contributed by atoms with Crippen LogP contribution < -0.4 is 4.90 Å². The third kappa shape index (κ3) is 5.61. The molecular formula is C32H35N7O. The smallest absolute Gasteiger partial charge is 0.254 e. The van der Waals surface area contributed by atoms with Crippen LogP contribution in [0.1, 0.15) is 38.2 Å². The van der Waals surface area contributed by atoms with Crippen molar-refractivity contribution in [2.75, 3.05) is 50.7 Å². The molecule has 8 nitrogen and oxygen atoms in total. The first-order valence-corrected chi connectivity index (χ1v) is 13.7. The summed E-state index contributed by atoms with van der Waals surface area (Å²) in [5.41, 5.74) is 6.39. The number of hydrogen-bond acceptors (Lipinski definition) is 6. The number of carbonyl (C=O) groups excluding carboxylic acids is 1. The summed E-state index contributed by atoms with van der Waals surface area (Å²) < 4.78 is 0. The molecule has 1 amide bonds. The van der Waals surface area contributed by atoms with Gasteiger partial charge in [-0.05, 0) is 48.7 Å². The van der Waals surface area contributed by atoms with E-state index in [1.54, 1.807) is 9.80 Å². The second-order valence-electron chi connectivity index (χ2n) is 10.5. The van der Waals surface area contributed by atoms with Crippen LogP contribution in [0.5, 0.6) is 0 Å². The standard InChI is InChI=1S/C32H35N7O/c1-23-18-24(2)28(32(40)38-16-17-39(30(34)22-38)31(35)25-8-4-3-5-9-25)19-27(23)21-36-12-14-37(15-13-36)29-11-7-6-10-26(29)20-33/h3-11,18-19,34-35H,12-17,21-22H2,1-2H3. The number of nitrogens with zero attached hydrogens (tertiary/aromatic N) is 5. The predicted molar refractivity (Wildman–Crippen MR) is 158 cm³/mol. The summed E-state index contributed by atoms with van der Waals surface area (Å²) in [6.07, 6.45) is 0. The molecule has 2 aliphatic heterocycles. The number of hydrogen-bond donors (Lipinski definition) is 2. The largest absolute Gasteiger partial charge is 0.368 e. The number of amides is 1. The molecule has 0 spiro atoms. The summed E-state index contributed by atoms with van der Waals surface area (Å²) in [4.78, 5) is 21.7. The number of piperazine rings is 2. The van der Waals surface area contributed by atoms with Crippen LogP contribution in [0.3, 0.4) is 0 Å². The number of anilines is 1. The van der Waals surface area contributed by atoms with E-state index < -0.39 is 0 Å². The Labute approximate surface area is 236 Å². The lowest BCUT2D eigenvalue weighted by Crippen LogP contribution is -2.54. The molecule has 0 aliphatic carbocycles. The molecule has 2 heterocycles. The van der Waals surface area contributed by atoms with Crippen molar-refractivity contribution in [3.05, 3.63) is 100 Å². The van der Waals surface area contributed by atoms with Gasteiger partial charge in [-0.1, -0.05) is 48.5 Å². The molecule has 3 aromatic carbocycles. The van der Waals surface area contributed by atoms with Gasteiger partial charge in [0.25, 0.3) is 5.91 Å². The fourth-order valence-corrected chi connectivity index (χ4v) is 5.57. The maximum atomic E-state index is 13.6. The first-order chi connectivity index (χ1) is 19.4. The molecule has 2 aliphatic rings. The highest BCUT2D eigenvalue weighted by atomic mass is 16.2. The number of nitriles is 1. The lowest BCUT2D eigenvalue weighted by atomic mass is 9.98. The van der Waals surface area contributed by atoms with E-state index in [0.717, 1.165) is 55.1 Å². The highest BCUT2D eigenvalue weighted by Gasteiger charge is 2.29. The number of rotatable bonds is 5. The van der Waals surface area contributed by atoms with Gasteiger partial charge >= 0.3 is 0 Å². The zero-order chi connectivity index (χ0) is 28.2. The van der Waals surface area contributed by atoms with Crippen molar-refractivity contribution >= 4 is 23.3 Å². The van der Waals surface area contributed by atoms with Gasteiger partial charge in [0.2, 0.25) is 0 Å².